The second-order valence-electron chi connectivity index (χ2n) is 3.68. The quantitative estimate of drug-likeness (QED) is 0.758. The molecule has 1 heterocycles. The van der Waals surface area contributed by atoms with Crippen LogP contribution >= 0.6 is 0 Å². The van der Waals surface area contributed by atoms with Gasteiger partial charge in [0.05, 0.1) is 19.9 Å². The molecular formula is C13H16N2O3. The number of nitrogens with one attached hydrogen (secondary N) is 1. The van der Waals surface area contributed by atoms with E-state index in [0.29, 0.717) is 13.2 Å². The molecule has 0 unspecified atom stereocenters. The SMILES string of the molecule is COc1ccc(OCCNCc2ccno2)cc1. The van der Waals surface area contributed by atoms with Gasteiger partial charge in [-0.15, -0.1) is 0 Å². The van der Waals surface area contributed by atoms with Crippen molar-refractivity contribution in [3.8, 4) is 11.5 Å². The van der Waals surface area contributed by atoms with Crippen LogP contribution in [0, 0.1) is 0 Å². The van der Waals surface area contributed by atoms with E-state index in [2.05, 4.69) is 10.5 Å². The molecule has 0 aliphatic carbocycles. The summed E-state index contributed by atoms with van der Waals surface area (Å²) in [6.45, 7) is 2.00. The predicted octanol–water partition coefficient (Wildman–Crippen LogP) is 1.85. The van der Waals surface area contributed by atoms with Gasteiger partial charge in [0, 0.05) is 12.6 Å². The molecule has 0 radical (unpaired) electrons. The lowest BCUT2D eigenvalue weighted by Crippen LogP contribution is -2.20. The second kappa shape index (κ2) is 6.66. The van der Waals surface area contributed by atoms with E-state index >= 15 is 0 Å². The molecule has 0 fully saturated rings. The lowest BCUT2D eigenvalue weighted by Gasteiger charge is -2.07. The standard InChI is InChI=1S/C13H16N2O3/c1-16-11-2-4-12(5-3-11)17-9-8-14-10-13-6-7-15-18-13/h2-7,14H,8-10H2,1H3. The van der Waals surface area contributed by atoms with E-state index in [4.69, 9.17) is 14.0 Å². The zero-order valence-electron chi connectivity index (χ0n) is 10.3. The highest BCUT2D eigenvalue weighted by Gasteiger charge is 1.97. The number of hydrogen-bond donors (Lipinski definition) is 1. The van der Waals surface area contributed by atoms with Crippen LogP contribution in [-0.4, -0.2) is 25.4 Å². The Morgan fingerprint density at radius 2 is 1.94 bits per heavy atom. The summed E-state index contributed by atoms with van der Waals surface area (Å²) >= 11 is 0. The fraction of sp³-hybridized carbons (Fsp3) is 0.308. The molecule has 0 saturated heterocycles. The molecule has 0 saturated carbocycles. The summed E-state index contributed by atoms with van der Waals surface area (Å²) < 4.78 is 15.6. The van der Waals surface area contributed by atoms with Crippen LogP contribution in [0.3, 0.4) is 0 Å². The van der Waals surface area contributed by atoms with E-state index in [1.807, 2.05) is 30.3 Å². The molecule has 0 spiro atoms. The normalized spacial score (nSPS) is 10.3. The molecule has 1 aromatic carbocycles. The topological polar surface area (TPSA) is 56.5 Å². The Labute approximate surface area is 106 Å². The molecule has 5 nitrogen and oxygen atoms in total. The van der Waals surface area contributed by atoms with Crippen LogP contribution in [0.15, 0.2) is 41.1 Å². The first-order chi connectivity index (χ1) is 8.88. The number of benzene rings is 1. The zero-order valence-corrected chi connectivity index (χ0v) is 10.3. The Hall–Kier alpha value is -2.01. The number of nitrogens with zero attached hydrogens (tertiary/aromatic N) is 1. The van der Waals surface area contributed by atoms with Crippen LogP contribution in [0.4, 0.5) is 0 Å². The van der Waals surface area contributed by atoms with Crippen molar-refractivity contribution < 1.29 is 14.0 Å². The molecule has 5 heteroatoms. The van der Waals surface area contributed by atoms with Gasteiger partial charge in [0.25, 0.3) is 0 Å². The van der Waals surface area contributed by atoms with E-state index in [9.17, 15) is 0 Å². The first kappa shape index (κ1) is 12.4. The monoisotopic (exact) mass is 248 g/mol. The van der Waals surface area contributed by atoms with Gasteiger partial charge in [-0.1, -0.05) is 5.16 Å². The minimum absolute atomic E-state index is 0.598. The lowest BCUT2D eigenvalue weighted by atomic mass is 10.3. The molecule has 2 aromatic rings. The third-order valence-electron chi connectivity index (χ3n) is 2.40. The molecule has 2 rings (SSSR count). The van der Waals surface area contributed by atoms with Crippen LogP contribution in [0.5, 0.6) is 11.5 Å². The summed E-state index contributed by atoms with van der Waals surface area (Å²) in [6, 6.07) is 9.34. The minimum atomic E-state index is 0.598. The van der Waals surface area contributed by atoms with Crippen molar-refractivity contribution in [3.05, 3.63) is 42.3 Å². The first-order valence-corrected chi connectivity index (χ1v) is 5.75. The lowest BCUT2D eigenvalue weighted by molar-refractivity contribution is 0.306. The van der Waals surface area contributed by atoms with Crippen LogP contribution in [0.2, 0.25) is 0 Å². The average Bonchev–Trinajstić information content (AvgIpc) is 2.92. The van der Waals surface area contributed by atoms with Crippen molar-refractivity contribution in [1.82, 2.24) is 10.5 Å². The van der Waals surface area contributed by atoms with Crippen LogP contribution in [0.25, 0.3) is 0 Å². The third kappa shape index (κ3) is 3.78. The maximum absolute atomic E-state index is 5.56. The summed E-state index contributed by atoms with van der Waals surface area (Å²) in [7, 11) is 1.64. The number of aromatic nitrogens is 1. The van der Waals surface area contributed by atoms with Crippen LogP contribution in [-0.2, 0) is 6.54 Å². The van der Waals surface area contributed by atoms with Crippen molar-refractivity contribution in [2.24, 2.45) is 0 Å². The highest BCUT2D eigenvalue weighted by atomic mass is 16.5. The Kier molecular flexibility index (Phi) is 4.60. The Balaban J connectivity index is 1.62. The van der Waals surface area contributed by atoms with Gasteiger partial charge in [0.2, 0.25) is 0 Å². The van der Waals surface area contributed by atoms with E-state index in [1.165, 1.54) is 0 Å². The van der Waals surface area contributed by atoms with Crippen molar-refractivity contribution >= 4 is 0 Å². The van der Waals surface area contributed by atoms with Gasteiger partial charge in [-0.2, -0.15) is 0 Å². The van der Waals surface area contributed by atoms with Gasteiger partial charge in [-0.25, -0.2) is 0 Å². The Morgan fingerprint density at radius 1 is 1.17 bits per heavy atom. The summed E-state index contributed by atoms with van der Waals surface area (Å²) in [5.41, 5.74) is 0. The molecule has 0 amide bonds. The highest BCUT2D eigenvalue weighted by molar-refractivity contribution is 5.31. The molecular weight excluding hydrogens is 232 g/mol. The Morgan fingerprint density at radius 3 is 2.61 bits per heavy atom. The number of rotatable bonds is 7. The van der Waals surface area contributed by atoms with Crippen LogP contribution in [0.1, 0.15) is 5.76 Å². The van der Waals surface area contributed by atoms with E-state index in [0.717, 1.165) is 23.8 Å². The fourth-order valence-electron chi connectivity index (χ4n) is 1.46. The number of ether oxygens (including phenoxy) is 2. The van der Waals surface area contributed by atoms with Gasteiger partial charge < -0.3 is 19.3 Å². The Bertz CT molecular complexity index is 440. The van der Waals surface area contributed by atoms with E-state index in [-0.39, 0.29) is 0 Å². The highest BCUT2D eigenvalue weighted by Crippen LogP contribution is 2.16. The number of methoxy groups -OCH3 is 1. The molecule has 0 bridgehead atoms. The maximum atomic E-state index is 5.56. The molecule has 0 aliphatic heterocycles. The van der Waals surface area contributed by atoms with Crippen molar-refractivity contribution in [2.45, 2.75) is 6.54 Å². The smallest absolute Gasteiger partial charge is 0.150 e. The zero-order chi connectivity index (χ0) is 12.6. The summed E-state index contributed by atoms with van der Waals surface area (Å²) in [5, 5.41) is 6.82. The summed E-state index contributed by atoms with van der Waals surface area (Å²) in [4.78, 5) is 0. The number of hydrogen-bond acceptors (Lipinski definition) is 5. The predicted molar refractivity (Wildman–Crippen MR) is 66.7 cm³/mol. The molecule has 96 valence electrons. The van der Waals surface area contributed by atoms with Crippen molar-refractivity contribution in [1.29, 1.82) is 0 Å². The molecule has 1 aromatic heterocycles. The van der Waals surface area contributed by atoms with Gasteiger partial charge >= 0.3 is 0 Å². The fourth-order valence-corrected chi connectivity index (χ4v) is 1.46. The minimum Gasteiger partial charge on any atom is -0.497 e. The summed E-state index contributed by atoms with van der Waals surface area (Å²) in [6.07, 6.45) is 1.63. The molecule has 0 atom stereocenters. The summed E-state index contributed by atoms with van der Waals surface area (Å²) in [5.74, 6) is 2.47. The largest absolute Gasteiger partial charge is 0.497 e. The molecule has 1 N–H and O–H groups in total. The molecule has 0 aliphatic rings. The van der Waals surface area contributed by atoms with Gasteiger partial charge in [0.1, 0.15) is 23.9 Å². The molecule has 18 heavy (non-hydrogen) atoms. The first-order valence-electron chi connectivity index (χ1n) is 5.75. The third-order valence-corrected chi connectivity index (χ3v) is 2.40. The van der Waals surface area contributed by atoms with Gasteiger partial charge in [-0.3, -0.25) is 0 Å². The van der Waals surface area contributed by atoms with E-state index in [1.54, 1.807) is 13.3 Å². The van der Waals surface area contributed by atoms with Gasteiger partial charge in [-0.05, 0) is 24.3 Å². The van der Waals surface area contributed by atoms with Crippen LogP contribution < -0.4 is 14.8 Å². The average molecular weight is 248 g/mol. The van der Waals surface area contributed by atoms with Crippen molar-refractivity contribution in [3.63, 3.8) is 0 Å². The maximum Gasteiger partial charge on any atom is 0.150 e. The van der Waals surface area contributed by atoms with Crippen molar-refractivity contribution in [2.75, 3.05) is 20.3 Å². The second-order valence-corrected chi connectivity index (χ2v) is 3.68. The van der Waals surface area contributed by atoms with E-state index < -0.39 is 0 Å². The van der Waals surface area contributed by atoms with Gasteiger partial charge in [0.15, 0.2) is 0 Å².